The van der Waals surface area contributed by atoms with Gasteiger partial charge in [-0.1, -0.05) is 43.7 Å². The predicted molar refractivity (Wildman–Crippen MR) is 86.1 cm³/mol. The Hall–Kier alpha value is -1.55. The number of urea groups is 1. The van der Waals surface area contributed by atoms with E-state index in [1.807, 2.05) is 25.1 Å². The summed E-state index contributed by atoms with van der Waals surface area (Å²) in [6.07, 6.45) is 1.75. The molecule has 0 bridgehead atoms. The second-order valence-electron chi connectivity index (χ2n) is 6.06. The fourth-order valence-corrected chi connectivity index (χ4v) is 2.46. The molecular formula is C17H28N2O2. The molecular weight excluding hydrogens is 264 g/mol. The van der Waals surface area contributed by atoms with Crippen LogP contribution in [-0.4, -0.2) is 24.3 Å². The van der Waals surface area contributed by atoms with Gasteiger partial charge in [-0.25, -0.2) is 4.79 Å². The lowest BCUT2D eigenvalue weighted by molar-refractivity contribution is 0.225. The topological polar surface area (TPSA) is 61.4 Å². The normalized spacial score (nSPS) is 12.2. The summed E-state index contributed by atoms with van der Waals surface area (Å²) in [4.78, 5) is 11.8. The molecule has 0 heterocycles. The molecule has 4 nitrogen and oxygen atoms in total. The minimum atomic E-state index is -0.150. The first-order chi connectivity index (χ1) is 10.0. The van der Waals surface area contributed by atoms with Gasteiger partial charge in [-0.2, -0.15) is 0 Å². The Kier molecular flexibility index (Phi) is 7.83. The van der Waals surface area contributed by atoms with Gasteiger partial charge in [0.25, 0.3) is 0 Å². The first-order valence-electron chi connectivity index (χ1n) is 7.69. The highest BCUT2D eigenvalue weighted by Crippen LogP contribution is 2.14. The lowest BCUT2D eigenvalue weighted by Crippen LogP contribution is -2.38. The average Bonchev–Trinajstić information content (AvgIpc) is 2.42. The molecule has 0 saturated heterocycles. The van der Waals surface area contributed by atoms with E-state index in [0.717, 1.165) is 18.4 Å². The molecule has 0 aliphatic carbocycles. The molecule has 0 aliphatic heterocycles. The smallest absolute Gasteiger partial charge is 0.315 e. The number of carbonyl (C=O) groups is 1. The van der Waals surface area contributed by atoms with Crippen LogP contribution in [0.5, 0.6) is 0 Å². The van der Waals surface area contributed by atoms with E-state index in [-0.39, 0.29) is 12.6 Å². The van der Waals surface area contributed by atoms with Crippen molar-refractivity contribution < 1.29 is 9.90 Å². The van der Waals surface area contributed by atoms with E-state index in [9.17, 15) is 4.79 Å². The first kappa shape index (κ1) is 17.5. The monoisotopic (exact) mass is 292 g/mol. The predicted octanol–water partition coefficient (Wildman–Crippen LogP) is 2.84. The Labute approximate surface area is 128 Å². The van der Waals surface area contributed by atoms with Crippen molar-refractivity contribution in [2.45, 2.75) is 40.2 Å². The van der Waals surface area contributed by atoms with Crippen molar-refractivity contribution in [3.8, 4) is 0 Å². The molecule has 1 rings (SSSR count). The highest BCUT2D eigenvalue weighted by molar-refractivity contribution is 5.73. The molecule has 21 heavy (non-hydrogen) atoms. The summed E-state index contributed by atoms with van der Waals surface area (Å²) in [7, 11) is 0. The molecule has 4 heteroatoms. The summed E-state index contributed by atoms with van der Waals surface area (Å²) in [6, 6.07) is 7.94. The van der Waals surface area contributed by atoms with Crippen molar-refractivity contribution in [3.63, 3.8) is 0 Å². The quantitative estimate of drug-likeness (QED) is 0.690. The highest BCUT2D eigenvalue weighted by atomic mass is 16.3. The largest absolute Gasteiger partial charge is 0.396 e. The zero-order valence-electron chi connectivity index (χ0n) is 13.4. The third-order valence-electron chi connectivity index (χ3n) is 3.43. The van der Waals surface area contributed by atoms with Crippen molar-refractivity contribution in [2.75, 3.05) is 13.2 Å². The first-order valence-corrected chi connectivity index (χ1v) is 7.69. The minimum absolute atomic E-state index is 0.150. The van der Waals surface area contributed by atoms with Crippen molar-refractivity contribution >= 4 is 6.03 Å². The number of nitrogens with one attached hydrogen (secondary N) is 2. The molecule has 2 amide bonds. The van der Waals surface area contributed by atoms with Gasteiger partial charge in [0, 0.05) is 19.7 Å². The summed E-state index contributed by atoms with van der Waals surface area (Å²) >= 11 is 0. The molecule has 3 N–H and O–H groups in total. The van der Waals surface area contributed by atoms with Gasteiger partial charge in [0.1, 0.15) is 0 Å². The number of aliphatic hydroxyl groups is 1. The average molecular weight is 292 g/mol. The molecule has 0 aromatic heterocycles. The van der Waals surface area contributed by atoms with Crippen LogP contribution in [0.3, 0.4) is 0 Å². The molecule has 0 radical (unpaired) electrons. The van der Waals surface area contributed by atoms with Crippen LogP contribution in [0.1, 0.15) is 37.8 Å². The Bertz CT molecular complexity index is 433. The van der Waals surface area contributed by atoms with E-state index in [1.54, 1.807) is 0 Å². The second kappa shape index (κ2) is 9.40. The van der Waals surface area contributed by atoms with Gasteiger partial charge in [0.15, 0.2) is 0 Å². The molecule has 0 spiro atoms. The molecule has 1 aromatic rings. The molecule has 0 fully saturated rings. The van der Waals surface area contributed by atoms with Gasteiger partial charge in [0.2, 0.25) is 0 Å². The number of amides is 2. The van der Waals surface area contributed by atoms with Gasteiger partial charge in [-0.05, 0) is 37.2 Å². The number of aliphatic hydroxyl groups excluding tert-OH is 1. The van der Waals surface area contributed by atoms with E-state index in [1.165, 1.54) is 5.56 Å². The Morgan fingerprint density at radius 3 is 2.67 bits per heavy atom. The van der Waals surface area contributed by atoms with Crippen LogP contribution in [-0.2, 0) is 6.54 Å². The summed E-state index contributed by atoms with van der Waals surface area (Å²) in [5.74, 6) is 0.901. The fraction of sp³-hybridized carbons (Fsp3) is 0.588. The standard InChI is InChI=1S/C17H28N2O2/c1-13(2)9-16(7-8-20)12-19-17(21)18-11-15-6-4-5-14(3)10-15/h4-6,10,13,16,20H,7-9,11-12H2,1-3H3,(H2,18,19,21). The SMILES string of the molecule is Cc1cccc(CNC(=O)NCC(CCO)CC(C)C)c1. The van der Waals surface area contributed by atoms with Crippen LogP contribution in [0.15, 0.2) is 24.3 Å². The lowest BCUT2D eigenvalue weighted by Gasteiger charge is -2.18. The van der Waals surface area contributed by atoms with Crippen LogP contribution in [0.25, 0.3) is 0 Å². The zero-order valence-corrected chi connectivity index (χ0v) is 13.4. The van der Waals surface area contributed by atoms with E-state index in [0.29, 0.717) is 24.9 Å². The van der Waals surface area contributed by atoms with E-state index >= 15 is 0 Å². The minimum Gasteiger partial charge on any atom is -0.396 e. The Morgan fingerprint density at radius 2 is 2.05 bits per heavy atom. The molecule has 118 valence electrons. The zero-order chi connectivity index (χ0) is 15.7. The maximum atomic E-state index is 11.8. The molecule has 0 saturated carbocycles. The Morgan fingerprint density at radius 1 is 1.29 bits per heavy atom. The number of hydrogen-bond donors (Lipinski definition) is 3. The maximum Gasteiger partial charge on any atom is 0.315 e. The van der Waals surface area contributed by atoms with Crippen LogP contribution in [0.4, 0.5) is 4.79 Å². The number of carbonyl (C=O) groups excluding carboxylic acids is 1. The second-order valence-corrected chi connectivity index (χ2v) is 6.06. The lowest BCUT2D eigenvalue weighted by atomic mass is 9.94. The number of aryl methyl sites for hydroxylation is 1. The van der Waals surface area contributed by atoms with Crippen molar-refractivity contribution in [1.29, 1.82) is 0 Å². The van der Waals surface area contributed by atoms with Gasteiger partial charge in [-0.15, -0.1) is 0 Å². The van der Waals surface area contributed by atoms with Crippen molar-refractivity contribution in [2.24, 2.45) is 11.8 Å². The number of hydrogen-bond acceptors (Lipinski definition) is 2. The Balaban J connectivity index is 2.32. The third kappa shape index (κ3) is 7.71. The summed E-state index contributed by atoms with van der Waals surface area (Å²) in [5, 5.41) is 14.8. The highest BCUT2D eigenvalue weighted by Gasteiger charge is 2.11. The fourth-order valence-electron chi connectivity index (χ4n) is 2.46. The van der Waals surface area contributed by atoms with Crippen LogP contribution < -0.4 is 10.6 Å². The van der Waals surface area contributed by atoms with Gasteiger partial charge < -0.3 is 15.7 Å². The summed E-state index contributed by atoms with van der Waals surface area (Å²) in [5.41, 5.74) is 2.29. The molecule has 1 unspecified atom stereocenters. The van der Waals surface area contributed by atoms with Crippen molar-refractivity contribution in [3.05, 3.63) is 35.4 Å². The van der Waals surface area contributed by atoms with Crippen molar-refractivity contribution in [1.82, 2.24) is 10.6 Å². The van der Waals surface area contributed by atoms with Gasteiger partial charge >= 0.3 is 6.03 Å². The third-order valence-corrected chi connectivity index (χ3v) is 3.43. The van der Waals surface area contributed by atoms with E-state index in [2.05, 4.69) is 30.5 Å². The van der Waals surface area contributed by atoms with E-state index in [4.69, 9.17) is 5.11 Å². The van der Waals surface area contributed by atoms with E-state index < -0.39 is 0 Å². The van der Waals surface area contributed by atoms with Gasteiger partial charge in [0.05, 0.1) is 0 Å². The van der Waals surface area contributed by atoms with Gasteiger partial charge in [-0.3, -0.25) is 0 Å². The summed E-state index contributed by atoms with van der Waals surface area (Å²) < 4.78 is 0. The maximum absolute atomic E-state index is 11.8. The molecule has 0 aliphatic rings. The molecule has 1 atom stereocenters. The van der Waals surface area contributed by atoms with Crippen LogP contribution in [0.2, 0.25) is 0 Å². The summed E-state index contributed by atoms with van der Waals surface area (Å²) in [6.45, 7) is 7.66. The molecule has 1 aromatic carbocycles. The van der Waals surface area contributed by atoms with Crippen LogP contribution >= 0.6 is 0 Å². The van der Waals surface area contributed by atoms with Crippen LogP contribution in [0, 0.1) is 18.8 Å². The number of rotatable bonds is 8. The number of benzene rings is 1.